The van der Waals surface area contributed by atoms with Gasteiger partial charge in [-0.3, -0.25) is 4.79 Å². The molecular formula is C14H17ClINO. The summed E-state index contributed by atoms with van der Waals surface area (Å²) in [5, 5.41) is 0.657. The van der Waals surface area contributed by atoms with Crippen LogP contribution in [0, 0.1) is 9.49 Å². The highest BCUT2D eigenvalue weighted by molar-refractivity contribution is 14.1. The average molecular weight is 378 g/mol. The summed E-state index contributed by atoms with van der Waals surface area (Å²) >= 11 is 8.25. The van der Waals surface area contributed by atoms with Crippen LogP contribution in [0.15, 0.2) is 18.2 Å². The molecular weight excluding hydrogens is 361 g/mol. The molecule has 0 N–H and O–H groups in total. The van der Waals surface area contributed by atoms with Crippen molar-refractivity contribution in [3.05, 3.63) is 32.4 Å². The van der Waals surface area contributed by atoms with Gasteiger partial charge in [0.05, 0.1) is 5.02 Å². The molecule has 0 atom stereocenters. The molecule has 1 aliphatic rings. The fourth-order valence-corrected chi connectivity index (χ4v) is 2.49. The van der Waals surface area contributed by atoms with Crippen molar-refractivity contribution >= 4 is 40.1 Å². The van der Waals surface area contributed by atoms with Crippen LogP contribution in [0.25, 0.3) is 0 Å². The van der Waals surface area contributed by atoms with Gasteiger partial charge in [-0.15, -0.1) is 0 Å². The van der Waals surface area contributed by atoms with Crippen LogP contribution in [0.1, 0.15) is 36.5 Å². The van der Waals surface area contributed by atoms with E-state index in [9.17, 15) is 4.79 Å². The van der Waals surface area contributed by atoms with Crippen molar-refractivity contribution in [2.24, 2.45) is 5.92 Å². The van der Waals surface area contributed by atoms with Gasteiger partial charge >= 0.3 is 0 Å². The molecule has 18 heavy (non-hydrogen) atoms. The van der Waals surface area contributed by atoms with Gasteiger partial charge in [0.15, 0.2) is 0 Å². The van der Waals surface area contributed by atoms with E-state index in [1.807, 2.05) is 17.0 Å². The van der Waals surface area contributed by atoms with Crippen LogP contribution in [-0.4, -0.2) is 23.9 Å². The number of hydrogen-bond acceptors (Lipinski definition) is 1. The second-order valence-electron chi connectivity index (χ2n) is 4.82. The lowest BCUT2D eigenvalue weighted by Crippen LogP contribution is -2.33. The van der Waals surface area contributed by atoms with Crippen molar-refractivity contribution < 1.29 is 4.79 Å². The smallest absolute Gasteiger partial charge is 0.253 e. The first-order valence-electron chi connectivity index (χ1n) is 6.36. The van der Waals surface area contributed by atoms with E-state index >= 15 is 0 Å². The Hall–Kier alpha value is -0.290. The zero-order valence-corrected chi connectivity index (χ0v) is 13.4. The molecule has 0 spiro atoms. The van der Waals surface area contributed by atoms with Gasteiger partial charge in [-0.25, -0.2) is 0 Å². The van der Waals surface area contributed by atoms with Gasteiger partial charge in [0, 0.05) is 22.2 Å². The molecule has 2 nitrogen and oxygen atoms in total. The van der Waals surface area contributed by atoms with Crippen LogP contribution in [0.2, 0.25) is 5.02 Å². The van der Waals surface area contributed by atoms with Gasteiger partial charge in [0.2, 0.25) is 0 Å². The predicted molar refractivity (Wildman–Crippen MR) is 83.1 cm³/mol. The predicted octanol–water partition coefficient (Wildman–Crippen LogP) is 4.21. The molecule has 0 aliphatic heterocycles. The number of hydrogen-bond donors (Lipinski definition) is 0. The Morgan fingerprint density at radius 3 is 2.78 bits per heavy atom. The molecule has 98 valence electrons. The van der Waals surface area contributed by atoms with Gasteiger partial charge < -0.3 is 4.90 Å². The van der Waals surface area contributed by atoms with Gasteiger partial charge in [-0.2, -0.15) is 0 Å². The fraction of sp³-hybridized carbons (Fsp3) is 0.500. The molecule has 0 bridgehead atoms. The summed E-state index contributed by atoms with van der Waals surface area (Å²) in [5.74, 6) is 0.835. The molecule has 0 saturated heterocycles. The largest absolute Gasteiger partial charge is 0.338 e. The Bertz CT molecular complexity index is 445. The van der Waals surface area contributed by atoms with Crippen LogP contribution in [0.3, 0.4) is 0 Å². The summed E-state index contributed by atoms with van der Waals surface area (Å²) < 4.78 is 0.982. The number of benzene rings is 1. The summed E-state index contributed by atoms with van der Waals surface area (Å²) in [5.41, 5.74) is 0.703. The molecule has 0 radical (unpaired) electrons. The second kappa shape index (κ2) is 6.24. The molecule has 1 aromatic carbocycles. The lowest BCUT2D eigenvalue weighted by Gasteiger charge is -2.22. The second-order valence-corrected chi connectivity index (χ2v) is 6.39. The van der Waals surface area contributed by atoms with Gasteiger partial charge in [0.25, 0.3) is 5.91 Å². The lowest BCUT2D eigenvalue weighted by molar-refractivity contribution is 0.0747. The molecule has 1 aromatic rings. The standard InChI is InChI=1S/C14H17ClINO/c1-2-7-17(9-10-3-4-10)14(18)11-5-6-13(16)12(15)8-11/h5-6,8,10H,2-4,7,9H2,1H3. The first kappa shape index (κ1) is 14.1. The number of halogens is 2. The van der Waals surface area contributed by atoms with Gasteiger partial charge in [-0.1, -0.05) is 18.5 Å². The van der Waals surface area contributed by atoms with Crippen LogP contribution < -0.4 is 0 Å². The number of nitrogens with zero attached hydrogens (tertiary/aromatic N) is 1. The third kappa shape index (κ3) is 3.60. The van der Waals surface area contributed by atoms with Crippen molar-refractivity contribution in [3.8, 4) is 0 Å². The van der Waals surface area contributed by atoms with Gasteiger partial charge in [-0.05, 0) is 66.0 Å². The zero-order chi connectivity index (χ0) is 13.1. The minimum Gasteiger partial charge on any atom is -0.338 e. The Kier molecular flexibility index (Phi) is 4.90. The molecule has 1 amide bonds. The van der Waals surface area contributed by atoms with E-state index in [2.05, 4.69) is 29.5 Å². The topological polar surface area (TPSA) is 20.3 Å². The Morgan fingerprint density at radius 2 is 2.22 bits per heavy atom. The quantitative estimate of drug-likeness (QED) is 0.704. The maximum absolute atomic E-state index is 12.4. The highest BCUT2D eigenvalue weighted by atomic mass is 127. The van der Waals surface area contributed by atoms with Crippen molar-refractivity contribution in [2.75, 3.05) is 13.1 Å². The zero-order valence-electron chi connectivity index (χ0n) is 10.5. The van der Waals surface area contributed by atoms with Crippen LogP contribution in [0.4, 0.5) is 0 Å². The van der Waals surface area contributed by atoms with Crippen LogP contribution in [-0.2, 0) is 0 Å². The van der Waals surface area contributed by atoms with E-state index < -0.39 is 0 Å². The monoisotopic (exact) mass is 377 g/mol. The molecule has 1 aliphatic carbocycles. The highest BCUT2D eigenvalue weighted by Crippen LogP contribution is 2.30. The van der Waals surface area contributed by atoms with Crippen molar-refractivity contribution in [3.63, 3.8) is 0 Å². The third-order valence-electron chi connectivity index (χ3n) is 3.12. The number of amides is 1. The maximum atomic E-state index is 12.4. The van der Waals surface area contributed by atoms with E-state index in [0.717, 1.165) is 29.0 Å². The van der Waals surface area contributed by atoms with Gasteiger partial charge in [0.1, 0.15) is 0 Å². The molecule has 0 heterocycles. The summed E-state index contributed by atoms with van der Waals surface area (Å²) in [6, 6.07) is 5.55. The lowest BCUT2D eigenvalue weighted by atomic mass is 10.2. The Labute approximate surface area is 127 Å². The van der Waals surface area contributed by atoms with Crippen LogP contribution >= 0.6 is 34.2 Å². The summed E-state index contributed by atoms with van der Waals surface area (Å²) in [4.78, 5) is 14.4. The summed E-state index contributed by atoms with van der Waals surface area (Å²) in [6.07, 6.45) is 3.53. The molecule has 0 unspecified atom stereocenters. The first-order valence-corrected chi connectivity index (χ1v) is 7.81. The van der Waals surface area contributed by atoms with E-state index in [0.29, 0.717) is 10.6 Å². The van der Waals surface area contributed by atoms with Crippen molar-refractivity contribution in [1.82, 2.24) is 4.90 Å². The number of carbonyl (C=O) groups is 1. The Morgan fingerprint density at radius 1 is 1.50 bits per heavy atom. The summed E-state index contributed by atoms with van der Waals surface area (Å²) in [7, 11) is 0. The van der Waals surface area contributed by atoms with Crippen molar-refractivity contribution in [2.45, 2.75) is 26.2 Å². The number of carbonyl (C=O) groups excluding carboxylic acids is 1. The molecule has 1 fully saturated rings. The van der Waals surface area contributed by atoms with E-state index in [4.69, 9.17) is 11.6 Å². The van der Waals surface area contributed by atoms with Crippen molar-refractivity contribution in [1.29, 1.82) is 0 Å². The molecule has 2 rings (SSSR count). The molecule has 4 heteroatoms. The molecule has 0 aromatic heterocycles. The minimum atomic E-state index is 0.113. The minimum absolute atomic E-state index is 0.113. The maximum Gasteiger partial charge on any atom is 0.253 e. The molecule has 1 saturated carbocycles. The SMILES string of the molecule is CCCN(CC1CC1)C(=O)c1ccc(I)c(Cl)c1. The third-order valence-corrected chi connectivity index (χ3v) is 4.70. The van der Waals surface area contributed by atoms with E-state index in [1.165, 1.54) is 12.8 Å². The van der Waals surface area contributed by atoms with E-state index in [1.54, 1.807) is 6.07 Å². The normalized spacial score (nSPS) is 14.6. The van der Waals surface area contributed by atoms with E-state index in [-0.39, 0.29) is 5.91 Å². The highest BCUT2D eigenvalue weighted by Gasteiger charge is 2.26. The fourth-order valence-electron chi connectivity index (χ4n) is 1.97. The Balaban J connectivity index is 2.12. The number of rotatable bonds is 5. The average Bonchev–Trinajstić information content (AvgIpc) is 3.15. The first-order chi connectivity index (χ1) is 8.61. The van der Waals surface area contributed by atoms with Crippen LogP contribution in [0.5, 0.6) is 0 Å². The summed E-state index contributed by atoms with van der Waals surface area (Å²) in [6.45, 7) is 3.84.